The minimum Gasteiger partial charge on any atom is -0.497 e. The first-order chi connectivity index (χ1) is 13.0. The van der Waals surface area contributed by atoms with Crippen LogP contribution in [0.5, 0.6) is 11.5 Å². The average molecular weight is 372 g/mol. The van der Waals surface area contributed by atoms with Gasteiger partial charge in [-0.15, -0.1) is 0 Å². The highest BCUT2D eigenvalue weighted by atomic mass is 16.5. The molecule has 0 aliphatic rings. The van der Waals surface area contributed by atoms with E-state index in [1.165, 1.54) is 14.2 Å². The second kappa shape index (κ2) is 9.23. The monoisotopic (exact) mass is 372 g/mol. The van der Waals surface area contributed by atoms with Gasteiger partial charge in [-0.3, -0.25) is 9.59 Å². The number of hydrogen-bond donors (Lipinski definition) is 3. The molecular weight excluding hydrogens is 352 g/mol. The maximum atomic E-state index is 12.5. The van der Waals surface area contributed by atoms with Gasteiger partial charge < -0.3 is 25.1 Å². The van der Waals surface area contributed by atoms with Crippen molar-refractivity contribution in [2.24, 2.45) is 5.16 Å². The molecule has 0 heterocycles. The van der Waals surface area contributed by atoms with E-state index in [9.17, 15) is 9.59 Å². The van der Waals surface area contributed by atoms with E-state index in [4.69, 9.17) is 19.8 Å². The Bertz CT molecular complexity index is 846. The first-order valence-corrected chi connectivity index (χ1v) is 8.05. The number of carbonyl (C=O) groups is 2. The summed E-state index contributed by atoms with van der Waals surface area (Å²) in [5.74, 6) is -0.380. The summed E-state index contributed by atoms with van der Waals surface area (Å²) < 4.78 is 10.3. The number of carbonyl (C=O) groups excluding carboxylic acids is 1. The fourth-order valence-electron chi connectivity index (χ4n) is 2.41. The van der Waals surface area contributed by atoms with Gasteiger partial charge in [0.05, 0.1) is 31.9 Å². The molecule has 0 atom stereocenters. The van der Waals surface area contributed by atoms with Gasteiger partial charge >= 0.3 is 5.97 Å². The molecular formula is C19H20N2O6. The lowest BCUT2D eigenvalue weighted by Gasteiger charge is -2.11. The van der Waals surface area contributed by atoms with Gasteiger partial charge in [-0.2, -0.15) is 0 Å². The van der Waals surface area contributed by atoms with Gasteiger partial charge in [0, 0.05) is 18.2 Å². The summed E-state index contributed by atoms with van der Waals surface area (Å²) in [5.41, 5.74) is 1.70. The quantitative estimate of drug-likeness (QED) is 0.372. The van der Waals surface area contributed by atoms with Crippen LogP contribution in [0, 0.1) is 0 Å². The molecule has 3 N–H and O–H groups in total. The van der Waals surface area contributed by atoms with E-state index in [0.717, 1.165) is 0 Å². The molecule has 0 aliphatic heterocycles. The molecule has 1 amide bonds. The zero-order valence-electron chi connectivity index (χ0n) is 14.9. The van der Waals surface area contributed by atoms with E-state index >= 15 is 0 Å². The van der Waals surface area contributed by atoms with Crippen LogP contribution in [-0.2, 0) is 4.79 Å². The number of amides is 1. The maximum Gasteiger partial charge on any atom is 0.303 e. The number of benzene rings is 2. The molecule has 8 heteroatoms. The third-order valence-electron chi connectivity index (χ3n) is 3.83. The Kier molecular flexibility index (Phi) is 6.76. The van der Waals surface area contributed by atoms with Crippen LogP contribution in [0.15, 0.2) is 47.6 Å². The Morgan fingerprint density at radius 2 is 1.74 bits per heavy atom. The number of carboxylic acid groups (broad SMARTS) is 1. The summed E-state index contributed by atoms with van der Waals surface area (Å²) >= 11 is 0. The topological polar surface area (TPSA) is 117 Å². The summed E-state index contributed by atoms with van der Waals surface area (Å²) in [6.45, 7) is 0. The fraction of sp³-hybridized carbons (Fsp3) is 0.211. The maximum absolute atomic E-state index is 12.5. The van der Waals surface area contributed by atoms with E-state index in [1.54, 1.807) is 42.5 Å². The normalized spacial score (nSPS) is 11.0. The molecule has 0 aliphatic carbocycles. The van der Waals surface area contributed by atoms with Crippen molar-refractivity contribution in [1.82, 2.24) is 0 Å². The summed E-state index contributed by atoms with van der Waals surface area (Å²) in [6, 6.07) is 11.4. The number of nitrogens with one attached hydrogen (secondary N) is 1. The van der Waals surface area contributed by atoms with Crippen molar-refractivity contribution in [2.75, 3.05) is 19.5 Å². The van der Waals surface area contributed by atoms with E-state index in [-0.39, 0.29) is 24.5 Å². The fourth-order valence-corrected chi connectivity index (χ4v) is 2.41. The number of oxime groups is 1. The molecule has 0 bridgehead atoms. The summed E-state index contributed by atoms with van der Waals surface area (Å²) in [6.07, 6.45) is -0.0459. The molecule has 0 spiro atoms. The molecule has 142 valence electrons. The smallest absolute Gasteiger partial charge is 0.303 e. The van der Waals surface area contributed by atoms with Crippen LogP contribution in [-0.4, -0.2) is 42.1 Å². The first kappa shape index (κ1) is 19.8. The highest BCUT2D eigenvalue weighted by Crippen LogP contribution is 2.25. The van der Waals surface area contributed by atoms with Gasteiger partial charge in [-0.05, 0) is 29.8 Å². The summed E-state index contributed by atoms with van der Waals surface area (Å²) in [4.78, 5) is 23.1. The van der Waals surface area contributed by atoms with Crippen LogP contribution < -0.4 is 14.8 Å². The first-order valence-electron chi connectivity index (χ1n) is 8.05. The number of anilines is 1. The molecule has 0 aromatic heterocycles. The van der Waals surface area contributed by atoms with Gasteiger partial charge in [-0.1, -0.05) is 17.3 Å². The zero-order valence-corrected chi connectivity index (χ0v) is 14.9. The summed E-state index contributed by atoms with van der Waals surface area (Å²) in [7, 11) is 2.99. The lowest BCUT2D eigenvalue weighted by atomic mass is 10.1. The summed E-state index contributed by atoms with van der Waals surface area (Å²) in [5, 5.41) is 23.7. The van der Waals surface area contributed by atoms with Crippen LogP contribution in [0.4, 0.5) is 5.69 Å². The molecule has 0 saturated heterocycles. The molecule has 0 unspecified atom stereocenters. The second-order valence-electron chi connectivity index (χ2n) is 5.54. The number of carboxylic acids is 1. The van der Waals surface area contributed by atoms with E-state index < -0.39 is 5.97 Å². The van der Waals surface area contributed by atoms with E-state index in [1.807, 2.05) is 0 Å². The molecule has 2 aromatic carbocycles. The molecule has 0 saturated carbocycles. The predicted octanol–water partition coefficient (Wildman–Crippen LogP) is 3.00. The molecule has 8 nitrogen and oxygen atoms in total. The lowest BCUT2D eigenvalue weighted by molar-refractivity contribution is -0.136. The number of hydrogen-bond acceptors (Lipinski definition) is 6. The van der Waals surface area contributed by atoms with Crippen molar-refractivity contribution in [3.05, 3.63) is 53.6 Å². The highest BCUT2D eigenvalue weighted by molar-refractivity contribution is 6.07. The number of methoxy groups -OCH3 is 2. The van der Waals surface area contributed by atoms with Crippen molar-refractivity contribution in [3.63, 3.8) is 0 Å². The SMILES string of the molecule is COc1ccc(C(=O)Nc2ccc(C(CCC(=O)O)=NO)cc2)c(OC)c1. The molecule has 27 heavy (non-hydrogen) atoms. The number of rotatable bonds is 8. The predicted molar refractivity (Wildman–Crippen MR) is 99.1 cm³/mol. The minimum absolute atomic E-state index is 0.0978. The average Bonchev–Trinajstić information content (AvgIpc) is 2.68. The Morgan fingerprint density at radius 1 is 1.04 bits per heavy atom. The van der Waals surface area contributed by atoms with Gasteiger partial charge in [0.25, 0.3) is 5.91 Å². The molecule has 2 rings (SSSR count). The van der Waals surface area contributed by atoms with Crippen molar-refractivity contribution < 1.29 is 29.4 Å². The van der Waals surface area contributed by atoms with Gasteiger partial charge in [0.15, 0.2) is 0 Å². The van der Waals surface area contributed by atoms with Crippen LogP contribution in [0.3, 0.4) is 0 Å². The van der Waals surface area contributed by atoms with Gasteiger partial charge in [0.1, 0.15) is 11.5 Å². The largest absolute Gasteiger partial charge is 0.497 e. The van der Waals surface area contributed by atoms with Crippen LogP contribution in [0.1, 0.15) is 28.8 Å². The highest BCUT2D eigenvalue weighted by Gasteiger charge is 2.14. The zero-order chi connectivity index (χ0) is 19.8. The van der Waals surface area contributed by atoms with Gasteiger partial charge in [-0.25, -0.2) is 0 Å². The third kappa shape index (κ3) is 5.21. The lowest BCUT2D eigenvalue weighted by Crippen LogP contribution is -2.13. The molecule has 2 aromatic rings. The van der Waals surface area contributed by atoms with E-state index in [0.29, 0.717) is 28.3 Å². The standard InChI is InChI=1S/C19H20N2O6/c1-26-14-7-8-15(17(11-14)27-2)19(24)20-13-5-3-12(4-6-13)16(21-25)9-10-18(22)23/h3-8,11,25H,9-10H2,1-2H3,(H,20,24)(H,22,23). The number of nitrogens with zero attached hydrogens (tertiary/aromatic N) is 1. The van der Waals surface area contributed by atoms with Gasteiger partial charge in [0.2, 0.25) is 0 Å². The van der Waals surface area contributed by atoms with Crippen LogP contribution in [0.2, 0.25) is 0 Å². The van der Waals surface area contributed by atoms with Crippen molar-refractivity contribution in [3.8, 4) is 11.5 Å². The number of ether oxygens (including phenoxy) is 2. The number of aliphatic carboxylic acids is 1. The second-order valence-corrected chi connectivity index (χ2v) is 5.54. The minimum atomic E-state index is -0.978. The third-order valence-corrected chi connectivity index (χ3v) is 3.83. The van der Waals surface area contributed by atoms with Crippen LogP contribution >= 0.6 is 0 Å². The Labute approximate surface area is 156 Å². The van der Waals surface area contributed by atoms with Crippen LogP contribution in [0.25, 0.3) is 0 Å². The van der Waals surface area contributed by atoms with Crippen molar-refractivity contribution >= 4 is 23.3 Å². The Balaban J connectivity index is 2.12. The molecule has 0 radical (unpaired) electrons. The Morgan fingerprint density at radius 3 is 2.30 bits per heavy atom. The van der Waals surface area contributed by atoms with E-state index in [2.05, 4.69) is 10.5 Å². The van der Waals surface area contributed by atoms with Crippen molar-refractivity contribution in [2.45, 2.75) is 12.8 Å². The Hall–Kier alpha value is -3.55. The molecule has 0 fully saturated rings. The van der Waals surface area contributed by atoms with Crippen molar-refractivity contribution in [1.29, 1.82) is 0 Å².